The molecule has 4 heteroatoms. The number of fused-ring (bicyclic) bond motifs is 1. The molecule has 1 aliphatic heterocycles. The normalized spacial score (nSPS) is 35.9. The number of carboxylic acids is 1. The molecule has 3 aliphatic rings. The van der Waals surface area contributed by atoms with Crippen LogP contribution in [0.5, 0.6) is 0 Å². The van der Waals surface area contributed by atoms with E-state index in [0.29, 0.717) is 0 Å². The van der Waals surface area contributed by atoms with Crippen LogP contribution in [0, 0.1) is 5.41 Å². The zero-order chi connectivity index (χ0) is 10.5. The Balaban J connectivity index is 1.82. The maximum absolute atomic E-state index is 10.9. The molecule has 2 aliphatic carbocycles. The summed E-state index contributed by atoms with van der Waals surface area (Å²) in [5.74, 6) is -0.879. The number of aliphatic carboxylic acids is 1. The van der Waals surface area contributed by atoms with Gasteiger partial charge in [-0.05, 0) is 32.1 Å². The number of carboxylic acid groups (broad SMARTS) is 1. The maximum Gasteiger partial charge on any atom is 0.348 e. The van der Waals surface area contributed by atoms with Gasteiger partial charge < -0.3 is 9.84 Å². The summed E-state index contributed by atoms with van der Waals surface area (Å²) in [6.45, 7) is 0.823. The summed E-state index contributed by atoms with van der Waals surface area (Å²) in [6, 6.07) is 0. The minimum Gasteiger partial charge on any atom is -0.478 e. The van der Waals surface area contributed by atoms with Gasteiger partial charge in [-0.15, -0.1) is 0 Å². The molecule has 1 unspecified atom stereocenters. The first-order valence-corrected chi connectivity index (χ1v) is 5.82. The van der Waals surface area contributed by atoms with Crippen molar-refractivity contribution in [2.24, 2.45) is 5.41 Å². The molecule has 2 saturated carbocycles. The number of nitrogens with one attached hydrogen (secondary N) is 1. The van der Waals surface area contributed by atoms with Crippen LogP contribution in [-0.4, -0.2) is 29.4 Å². The monoisotopic (exact) mass is 211 g/mol. The average molecular weight is 211 g/mol. The first-order chi connectivity index (χ1) is 7.18. The van der Waals surface area contributed by atoms with Gasteiger partial charge in [0.1, 0.15) is 0 Å². The molecule has 0 aromatic rings. The van der Waals surface area contributed by atoms with Crippen molar-refractivity contribution in [1.82, 2.24) is 5.32 Å². The van der Waals surface area contributed by atoms with Crippen LogP contribution >= 0.6 is 0 Å². The molecule has 1 atom stereocenters. The van der Waals surface area contributed by atoms with Gasteiger partial charge in [-0.1, -0.05) is 6.42 Å². The topological polar surface area (TPSA) is 58.6 Å². The molecule has 0 radical (unpaired) electrons. The maximum atomic E-state index is 10.9. The van der Waals surface area contributed by atoms with Crippen LogP contribution in [0.1, 0.15) is 38.5 Å². The van der Waals surface area contributed by atoms with E-state index < -0.39 is 12.2 Å². The summed E-state index contributed by atoms with van der Waals surface area (Å²) in [7, 11) is 0. The summed E-state index contributed by atoms with van der Waals surface area (Å²) in [4.78, 5) is 10.9. The lowest BCUT2D eigenvalue weighted by Crippen LogP contribution is -2.70. The van der Waals surface area contributed by atoms with E-state index in [1.165, 1.54) is 25.7 Å². The van der Waals surface area contributed by atoms with Crippen molar-refractivity contribution in [3.8, 4) is 0 Å². The highest BCUT2D eigenvalue weighted by molar-refractivity contribution is 5.72. The highest BCUT2D eigenvalue weighted by atomic mass is 16.6. The number of hydrogen-bond acceptors (Lipinski definition) is 3. The van der Waals surface area contributed by atoms with Gasteiger partial charge in [-0.3, -0.25) is 5.32 Å². The zero-order valence-electron chi connectivity index (χ0n) is 8.79. The zero-order valence-corrected chi connectivity index (χ0v) is 8.79. The molecular formula is C11H17NO3. The molecule has 0 amide bonds. The third-order valence-corrected chi connectivity index (χ3v) is 4.63. The van der Waals surface area contributed by atoms with E-state index in [1.54, 1.807) is 0 Å². The molecular weight excluding hydrogens is 194 g/mol. The van der Waals surface area contributed by atoms with Crippen molar-refractivity contribution in [2.75, 3.05) is 6.54 Å². The lowest BCUT2D eigenvalue weighted by molar-refractivity contribution is -0.266. The Bertz CT molecular complexity index is 294. The Hall–Kier alpha value is -0.610. The fourth-order valence-corrected chi connectivity index (χ4v) is 3.36. The molecule has 1 heterocycles. The molecule has 3 rings (SSSR count). The van der Waals surface area contributed by atoms with E-state index in [-0.39, 0.29) is 11.0 Å². The molecule has 0 bridgehead atoms. The fourth-order valence-electron chi connectivity index (χ4n) is 3.36. The van der Waals surface area contributed by atoms with E-state index in [9.17, 15) is 4.79 Å². The van der Waals surface area contributed by atoms with Crippen molar-refractivity contribution in [3.05, 3.63) is 0 Å². The lowest BCUT2D eigenvalue weighted by Gasteiger charge is -2.63. The number of carbonyl (C=O) groups is 1. The highest BCUT2D eigenvalue weighted by Crippen LogP contribution is 2.60. The Morgan fingerprint density at radius 3 is 2.33 bits per heavy atom. The average Bonchev–Trinajstić information content (AvgIpc) is 2.11. The van der Waals surface area contributed by atoms with Gasteiger partial charge >= 0.3 is 5.97 Å². The number of hydrogen-bond donors (Lipinski definition) is 2. The minimum absolute atomic E-state index is 0.0977. The van der Waals surface area contributed by atoms with E-state index in [4.69, 9.17) is 9.84 Å². The third kappa shape index (κ3) is 1.12. The summed E-state index contributed by atoms with van der Waals surface area (Å²) < 4.78 is 5.82. The Labute approximate surface area is 89.0 Å². The molecule has 1 saturated heterocycles. The van der Waals surface area contributed by atoms with Gasteiger partial charge in [-0.2, -0.15) is 0 Å². The van der Waals surface area contributed by atoms with Gasteiger partial charge in [0.05, 0.1) is 5.60 Å². The molecule has 4 nitrogen and oxygen atoms in total. The molecule has 0 aromatic heterocycles. The van der Waals surface area contributed by atoms with Crippen LogP contribution in [0.15, 0.2) is 0 Å². The lowest BCUT2D eigenvalue weighted by atomic mass is 9.51. The van der Waals surface area contributed by atoms with E-state index >= 15 is 0 Å². The Morgan fingerprint density at radius 2 is 1.93 bits per heavy atom. The van der Waals surface area contributed by atoms with Crippen LogP contribution < -0.4 is 5.32 Å². The number of rotatable bonds is 1. The van der Waals surface area contributed by atoms with Gasteiger partial charge in [0.15, 0.2) is 0 Å². The van der Waals surface area contributed by atoms with Crippen molar-refractivity contribution < 1.29 is 14.6 Å². The molecule has 2 spiro atoms. The van der Waals surface area contributed by atoms with Gasteiger partial charge in [0, 0.05) is 12.0 Å². The van der Waals surface area contributed by atoms with Gasteiger partial charge in [0.2, 0.25) is 6.23 Å². The third-order valence-electron chi connectivity index (χ3n) is 4.63. The summed E-state index contributed by atoms with van der Waals surface area (Å²) >= 11 is 0. The van der Waals surface area contributed by atoms with Crippen LogP contribution in [-0.2, 0) is 9.53 Å². The molecule has 15 heavy (non-hydrogen) atoms. The molecule has 2 N–H and O–H groups in total. The number of ether oxygens (including phenoxy) is 1. The van der Waals surface area contributed by atoms with E-state index in [1.807, 2.05) is 0 Å². The highest BCUT2D eigenvalue weighted by Gasteiger charge is 2.62. The summed E-state index contributed by atoms with van der Waals surface area (Å²) in [5, 5.41) is 12.0. The first kappa shape index (κ1) is 9.60. The summed E-state index contributed by atoms with van der Waals surface area (Å²) in [6.07, 6.45) is 6.19. The largest absolute Gasteiger partial charge is 0.478 e. The van der Waals surface area contributed by atoms with Crippen LogP contribution in [0.3, 0.4) is 0 Å². The molecule has 3 fully saturated rings. The van der Waals surface area contributed by atoms with Crippen LogP contribution in [0.4, 0.5) is 0 Å². The second-order valence-corrected chi connectivity index (χ2v) is 5.20. The first-order valence-electron chi connectivity index (χ1n) is 5.82. The van der Waals surface area contributed by atoms with Crippen molar-refractivity contribution in [2.45, 2.75) is 50.4 Å². The Kier molecular flexibility index (Phi) is 1.89. The Morgan fingerprint density at radius 1 is 1.27 bits per heavy atom. The van der Waals surface area contributed by atoms with E-state index in [0.717, 1.165) is 19.4 Å². The second kappa shape index (κ2) is 2.95. The van der Waals surface area contributed by atoms with Crippen LogP contribution in [0.25, 0.3) is 0 Å². The molecule has 84 valence electrons. The standard InChI is InChI=1S/C11H17NO3/c13-9(14)8-12-7-10(3-1-4-10)11(15-8)5-2-6-11/h8,12H,1-7H2,(H,13,14). The summed E-state index contributed by atoms with van der Waals surface area (Å²) in [5.41, 5.74) is 0.163. The predicted molar refractivity (Wildman–Crippen MR) is 53.4 cm³/mol. The predicted octanol–water partition coefficient (Wildman–Crippen LogP) is 1.11. The van der Waals surface area contributed by atoms with Gasteiger partial charge in [0.25, 0.3) is 0 Å². The van der Waals surface area contributed by atoms with Crippen molar-refractivity contribution in [3.63, 3.8) is 0 Å². The smallest absolute Gasteiger partial charge is 0.348 e. The van der Waals surface area contributed by atoms with Crippen molar-refractivity contribution in [1.29, 1.82) is 0 Å². The van der Waals surface area contributed by atoms with Gasteiger partial charge in [-0.25, -0.2) is 4.79 Å². The van der Waals surface area contributed by atoms with Crippen LogP contribution in [0.2, 0.25) is 0 Å². The molecule has 0 aromatic carbocycles. The van der Waals surface area contributed by atoms with E-state index in [2.05, 4.69) is 5.32 Å². The minimum atomic E-state index is -0.879. The second-order valence-electron chi connectivity index (χ2n) is 5.20. The quantitative estimate of drug-likeness (QED) is 0.682. The van der Waals surface area contributed by atoms with Crippen molar-refractivity contribution >= 4 is 5.97 Å². The fraction of sp³-hybridized carbons (Fsp3) is 0.909. The SMILES string of the molecule is O=C(O)C1NCC2(CCC2)C2(CCC2)O1.